The van der Waals surface area contributed by atoms with Crippen molar-refractivity contribution < 1.29 is 9.72 Å². The van der Waals surface area contributed by atoms with Crippen molar-refractivity contribution in [1.29, 1.82) is 0 Å². The highest BCUT2D eigenvalue weighted by atomic mass is 35.5. The van der Waals surface area contributed by atoms with Crippen LogP contribution in [0.15, 0.2) is 12.1 Å². The smallest absolute Gasteiger partial charge is 0.321 e. The first kappa shape index (κ1) is 14.5. The fourth-order valence-electron chi connectivity index (χ4n) is 1.91. The summed E-state index contributed by atoms with van der Waals surface area (Å²) in [5.74, 6) is -0.344. The molecule has 1 aliphatic rings. The van der Waals surface area contributed by atoms with Gasteiger partial charge in [-0.2, -0.15) is 0 Å². The van der Waals surface area contributed by atoms with Crippen molar-refractivity contribution in [2.24, 2.45) is 0 Å². The van der Waals surface area contributed by atoms with Gasteiger partial charge in [-0.25, -0.2) is 4.98 Å². The Morgan fingerprint density at radius 1 is 1.56 bits per heavy atom. The van der Waals surface area contributed by atoms with E-state index in [2.05, 4.69) is 10.3 Å². The number of H-pyrrole nitrogens is 1. The van der Waals surface area contributed by atoms with E-state index in [0.717, 1.165) is 13.1 Å². The third kappa shape index (κ3) is 2.80. The Morgan fingerprint density at radius 3 is 2.83 bits per heavy atom. The number of amides is 1. The molecule has 0 aliphatic carbocycles. The lowest BCUT2D eigenvalue weighted by Gasteiger charge is -2.33. The zero-order valence-electron chi connectivity index (χ0n) is 9.88. The Kier molecular flexibility index (Phi) is 4.69. The van der Waals surface area contributed by atoms with Crippen molar-refractivity contribution >= 4 is 24.1 Å². The van der Waals surface area contributed by atoms with Gasteiger partial charge in [-0.1, -0.05) is 0 Å². The minimum Gasteiger partial charge on any atom is -0.358 e. The van der Waals surface area contributed by atoms with Gasteiger partial charge in [0.05, 0.1) is 0 Å². The van der Waals surface area contributed by atoms with Crippen LogP contribution in [0.4, 0.5) is 5.82 Å². The molecule has 100 valence electrons. The van der Waals surface area contributed by atoms with Crippen LogP contribution >= 0.6 is 12.4 Å². The normalized spacial score (nSPS) is 19.2. The number of nitro groups is 1. The monoisotopic (exact) mass is 274 g/mol. The van der Waals surface area contributed by atoms with Crippen LogP contribution in [0.5, 0.6) is 0 Å². The van der Waals surface area contributed by atoms with Crippen molar-refractivity contribution in [3.05, 3.63) is 27.9 Å². The predicted molar refractivity (Wildman–Crippen MR) is 68.1 cm³/mol. The van der Waals surface area contributed by atoms with Gasteiger partial charge in [0.2, 0.25) is 0 Å². The lowest BCUT2D eigenvalue weighted by Crippen LogP contribution is -2.52. The molecule has 0 radical (unpaired) electrons. The number of hydrogen-bond acceptors (Lipinski definition) is 4. The van der Waals surface area contributed by atoms with Gasteiger partial charge in [0.25, 0.3) is 5.91 Å². The van der Waals surface area contributed by atoms with Gasteiger partial charge in [0, 0.05) is 31.7 Å². The van der Waals surface area contributed by atoms with Gasteiger partial charge in [-0.05, 0) is 17.9 Å². The number of nitrogens with one attached hydrogen (secondary N) is 2. The van der Waals surface area contributed by atoms with Crippen molar-refractivity contribution in [3.8, 4) is 0 Å². The fraction of sp³-hybridized carbons (Fsp3) is 0.500. The summed E-state index contributed by atoms with van der Waals surface area (Å²) in [6.07, 6.45) is 0. The average Bonchev–Trinajstić information content (AvgIpc) is 2.78. The van der Waals surface area contributed by atoms with Crippen LogP contribution < -0.4 is 5.32 Å². The van der Waals surface area contributed by atoms with E-state index in [-0.39, 0.29) is 35.9 Å². The molecule has 1 aromatic rings. The molecule has 0 aromatic carbocycles. The Morgan fingerprint density at radius 2 is 2.28 bits per heavy atom. The van der Waals surface area contributed by atoms with Crippen LogP contribution in [0.3, 0.4) is 0 Å². The number of aromatic amines is 1. The lowest BCUT2D eigenvalue weighted by atomic mass is 10.2. The molecule has 0 spiro atoms. The molecule has 1 fully saturated rings. The van der Waals surface area contributed by atoms with Crippen molar-refractivity contribution in [2.45, 2.75) is 13.0 Å². The number of aromatic nitrogens is 1. The van der Waals surface area contributed by atoms with E-state index in [0.29, 0.717) is 6.54 Å². The van der Waals surface area contributed by atoms with Crippen LogP contribution in [0, 0.1) is 10.1 Å². The van der Waals surface area contributed by atoms with Gasteiger partial charge >= 0.3 is 5.82 Å². The molecule has 0 unspecified atom stereocenters. The maximum absolute atomic E-state index is 12.1. The molecule has 2 heterocycles. The second kappa shape index (κ2) is 5.83. The maximum Gasteiger partial charge on any atom is 0.321 e. The van der Waals surface area contributed by atoms with E-state index in [1.807, 2.05) is 6.92 Å². The SMILES string of the molecule is C[C@@H]1CNCCN1C(=O)c1ccc([N+](=O)[O-])[nH]1.Cl. The van der Waals surface area contributed by atoms with Crippen LogP contribution in [-0.4, -0.2) is 46.4 Å². The van der Waals surface area contributed by atoms with Crippen LogP contribution in [0.25, 0.3) is 0 Å². The first-order valence-electron chi connectivity index (χ1n) is 5.44. The van der Waals surface area contributed by atoms with E-state index >= 15 is 0 Å². The first-order valence-corrected chi connectivity index (χ1v) is 5.44. The van der Waals surface area contributed by atoms with Crippen molar-refractivity contribution in [1.82, 2.24) is 15.2 Å². The molecule has 1 saturated heterocycles. The van der Waals surface area contributed by atoms with Crippen LogP contribution in [0.2, 0.25) is 0 Å². The highest BCUT2D eigenvalue weighted by Gasteiger charge is 2.27. The summed E-state index contributed by atoms with van der Waals surface area (Å²) >= 11 is 0. The maximum atomic E-state index is 12.1. The molecule has 1 atom stereocenters. The van der Waals surface area contributed by atoms with Crippen LogP contribution in [0.1, 0.15) is 17.4 Å². The minimum atomic E-state index is -0.544. The van der Waals surface area contributed by atoms with E-state index in [9.17, 15) is 14.9 Å². The molecular weight excluding hydrogens is 260 g/mol. The van der Waals surface area contributed by atoms with Crippen molar-refractivity contribution in [2.75, 3.05) is 19.6 Å². The number of piperazine rings is 1. The molecule has 2 N–H and O–H groups in total. The highest BCUT2D eigenvalue weighted by Crippen LogP contribution is 2.14. The molecule has 0 bridgehead atoms. The third-order valence-electron chi connectivity index (χ3n) is 2.86. The van der Waals surface area contributed by atoms with E-state index in [4.69, 9.17) is 0 Å². The van der Waals surface area contributed by atoms with E-state index < -0.39 is 4.92 Å². The number of rotatable bonds is 2. The van der Waals surface area contributed by atoms with Gasteiger partial charge < -0.3 is 20.3 Å². The Bertz CT molecular complexity index is 448. The van der Waals surface area contributed by atoms with Crippen molar-refractivity contribution in [3.63, 3.8) is 0 Å². The zero-order valence-corrected chi connectivity index (χ0v) is 10.7. The largest absolute Gasteiger partial charge is 0.358 e. The fourth-order valence-corrected chi connectivity index (χ4v) is 1.91. The summed E-state index contributed by atoms with van der Waals surface area (Å²) in [5.41, 5.74) is 0.269. The third-order valence-corrected chi connectivity index (χ3v) is 2.86. The number of halogens is 1. The minimum absolute atomic E-state index is 0. The topological polar surface area (TPSA) is 91.3 Å². The zero-order chi connectivity index (χ0) is 12.4. The number of carbonyl (C=O) groups is 1. The van der Waals surface area contributed by atoms with E-state index in [1.54, 1.807) is 4.90 Å². The number of carbonyl (C=O) groups excluding carboxylic acids is 1. The molecular formula is C10H15ClN4O3. The van der Waals surface area contributed by atoms with Crippen LogP contribution in [-0.2, 0) is 0 Å². The molecule has 1 aliphatic heterocycles. The van der Waals surface area contributed by atoms with E-state index in [1.165, 1.54) is 12.1 Å². The first-order chi connectivity index (χ1) is 8.09. The number of hydrogen-bond donors (Lipinski definition) is 2. The Hall–Kier alpha value is -1.60. The van der Waals surface area contributed by atoms with Gasteiger partial charge in [0.1, 0.15) is 0 Å². The average molecular weight is 275 g/mol. The quantitative estimate of drug-likeness (QED) is 0.616. The molecule has 1 amide bonds. The number of nitrogens with zero attached hydrogens (tertiary/aromatic N) is 2. The summed E-state index contributed by atoms with van der Waals surface area (Å²) in [5, 5.41) is 13.7. The molecule has 8 heteroatoms. The van der Waals surface area contributed by atoms with Gasteiger partial charge in [-0.15, -0.1) is 12.4 Å². The summed E-state index contributed by atoms with van der Waals surface area (Å²) in [6.45, 7) is 4.06. The molecule has 2 rings (SSSR count). The summed E-state index contributed by atoms with van der Waals surface area (Å²) in [4.78, 5) is 26.3. The molecule has 18 heavy (non-hydrogen) atoms. The second-order valence-corrected chi connectivity index (χ2v) is 4.07. The molecule has 1 aromatic heterocycles. The Balaban J connectivity index is 0.00000162. The van der Waals surface area contributed by atoms with Gasteiger partial charge in [-0.3, -0.25) is 4.79 Å². The standard InChI is InChI=1S/C10H14N4O3.ClH/c1-7-6-11-4-5-13(7)10(15)8-2-3-9(12-8)14(16)17;/h2-3,7,11-12H,4-6H2,1H3;1H/t7-;/m1./s1. The predicted octanol–water partition coefficient (Wildman–Crippen LogP) is 0.779. The summed E-state index contributed by atoms with van der Waals surface area (Å²) in [7, 11) is 0. The van der Waals surface area contributed by atoms with Gasteiger partial charge in [0.15, 0.2) is 5.69 Å². The summed E-state index contributed by atoms with van der Waals surface area (Å²) in [6, 6.07) is 2.86. The molecule has 0 saturated carbocycles. The molecule has 7 nitrogen and oxygen atoms in total. The lowest BCUT2D eigenvalue weighted by molar-refractivity contribution is -0.389. The Labute approximate surface area is 110 Å². The summed E-state index contributed by atoms with van der Waals surface area (Å²) < 4.78 is 0. The second-order valence-electron chi connectivity index (χ2n) is 4.07. The highest BCUT2D eigenvalue weighted by molar-refractivity contribution is 5.93.